The van der Waals surface area contributed by atoms with E-state index >= 15 is 0 Å². The maximum Gasteiger partial charge on any atom is 0.00956 e. The zero-order valence-electron chi connectivity index (χ0n) is 14.3. The van der Waals surface area contributed by atoms with Gasteiger partial charge in [0.15, 0.2) is 0 Å². The van der Waals surface area contributed by atoms with Gasteiger partial charge in [0.05, 0.1) is 0 Å². The second-order valence-electron chi connectivity index (χ2n) is 6.80. The molecule has 0 radical (unpaired) electrons. The Balaban J connectivity index is 1.84. The van der Waals surface area contributed by atoms with E-state index in [0.717, 1.165) is 6.04 Å². The van der Waals surface area contributed by atoms with Crippen molar-refractivity contribution in [2.45, 2.75) is 110 Å². The van der Waals surface area contributed by atoms with E-state index in [0.29, 0.717) is 0 Å². The molecule has 1 aliphatic heterocycles. The Bertz CT molecular complexity index is 202. The number of likely N-dealkylation sites (tertiary alicyclic amines) is 1. The summed E-state index contributed by atoms with van der Waals surface area (Å²) < 4.78 is 0. The van der Waals surface area contributed by atoms with Gasteiger partial charge in [-0.05, 0) is 38.8 Å². The van der Waals surface area contributed by atoms with Gasteiger partial charge in [-0.15, -0.1) is 0 Å². The fourth-order valence-electron chi connectivity index (χ4n) is 3.65. The van der Waals surface area contributed by atoms with Crippen molar-refractivity contribution < 1.29 is 0 Å². The first-order valence-corrected chi connectivity index (χ1v) is 9.62. The van der Waals surface area contributed by atoms with Crippen LogP contribution in [0.25, 0.3) is 0 Å². The van der Waals surface area contributed by atoms with Crippen molar-refractivity contribution in [3.63, 3.8) is 0 Å². The molecule has 1 heteroatoms. The highest BCUT2D eigenvalue weighted by atomic mass is 15.2. The van der Waals surface area contributed by atoms with Crippen molar-refractivity contribution in [3.8, 4) is 0 Å². The number of rotatable bonds is 13. The van der Waals surface area contributed by atoms with Crippen LogP contribution < -0.4 is 0 Å². The molecule has 120 valence electrons. The van der Waals surface area contributed by atoms with E-state index in [9.17, 15) is 0 Å². The monoisotopic (exact) mass is 281 g/mol. The normalized spacial score (nSPS) is 19.8. The van der Waals surface area contributed by atoms with Gasteiger partial charge in [0, 0.05) is 6.04 Å². The number of hydrogen-bond acceptors (Lipinski definition) is 1. The maximum absolute atomic E-state index is 2.77. The van der Waals surface area contributed by atoms with Gasteiger partial charge >= 0.3 is 0 Å². The van der Waals surface area contributed by atoms with Crippen molar-refractivity contribution in [1.82, 2.24) is 4.90 Å². The molecule has 0 spiro atoms. The summed E-state index contributed by atoms with van der Waals surface area (Å²) in [6.45, 7) is 7.38. The fraction of sp³-hybridized carbons (Fsp3) is 1.00. The maximum atomic E-state index is 2.77. The molecule has 1 saturated heterocycles. The average molecular weight is 282 g/mol. The lowest BCUT2D eigenvalue weighted by Crippen LogP contribution is -2.30. The summed E-state index contributed by atoms with van der Waals surface area (Å²) in [6.07, 6.45) is 20.3. The van der Waals surface area contributed by atoms with Crippen molar-refractivity contribution in [2.75, 3.05) is 13.1 Å². The quantitative estimate of drug-likeness (QED) is 0.365. The van der Waals surface area contributed by atoms with Crippen LogP contribution in [0.3, 0.4) is 0 Å². The SMILES string of the molecule is CCCCCCCCCCCCN1CCCC1CCC. The highest BCUT2D eigenvalue weighted by Crippen LogP contribution is 2.21. The van der Waals surface area contributed by atoms with Crippen LogP contribution in [-0.2, 0) is 0 Å². The Morgan fingerprint density at radius 3 is 1.95 bits per heavy atom. The second-order valence-corrected chi connectivity index (χ2v) is 6.80. The molecule has 20 heavy (non-hydrogen) atoms. The van der Waals surface area contributed by atoms with Crippen LogP contribution in [0.5, 0.6) is 0 Å². The van der Waals surface area contributed by atoms with Gasteiger partial charge in [0.25, 0.3) is 0 Å². The average Bonchev–Trinajstić information content (AvgIpc) is 2.89. The van der Waals surface area contributed by atoms with Crippen LogP contribution in [0.2, 0.25) is 0 Å². The van der Waals surface area contributed by atoms with E-state index < -0.39 is 0 Å². The van der Waals surface area contributed by atoms with Gasteiger partial charge in [-0.2, -0.15) is 0 Å². The van der Waals surface area contributed by atoms with Crippen LogP contribution in [0.15, 0.2) is 0 Å². The van der Waals surface area contributed by atoms with E-state index in [1.807, 2.05) is 0 Å². The Kier molecular flexibility index (Phi) is 11.4. The first kappa shape index (κ1) is 18.0. The lowest BCUT2D eigenvalue weighted by Gasteiger charge is -2.23. The van der Waals surface area contributed by atoms with Crippen molar-refractivity contribution in [2.24, 2.45) is 0 Å². The third kappa shape index (κ3) is 8.29. The van der Waals surface area contributed by atoms with Crippen LogP contribution in [0.1, 0.15) is 104 Å². The van der Waals surface area contributed by atoms with Gasteiger partial charge in [-0.25, -0.2) is 0 Å². The zero-order chi connectivity index (χ0) is 14.5. The number of unbranched alkanes of at least 4 members (excludes halogenated alkanes) is 9. The number of hydrogen-bond donors (Lipinski definition) is 0. The van der Waals surface area contributed by atoms with Crippen LogP contribution in [-0.4, -0.2) is 24.0 Å². The molecule has 1 atom stereocenters. The molecule has 1 aliphatic rings. The summed E-state index contributed by atoms with van der Waals surface area (Å²) >= 11 is 0. The fourth-order valence-corrected chi connectivity index (χ4v) is 3.65. The van der Waals surface area contributed by atoms with Gasteiger partial charge in [-0.1, -0.05) is 78.1 Å². The third-order valence-electron chi connectivity index (χ3n) is 4.92. The molecular formula is C19H39N. The van der Waals surface area contributed by atoms with Crippen LogP contribution in [0.4, 0.5) is 0 Å². The summed E-state index contributed by atoms with van der Waals surface area (Å²) in [7, 11) is 0. The van der Waals surface area contributed by atoms with Gasteiger partial charge in [0.1, 0.15) is 0 Å². The summed E-state index contributed by atoms with van der Waals surface area (Å²) in [5, 5.41) is 0. The van der Waals surface area contributed by atoms with Gasteiger partial charge < -0.3 is 4.90 Å². The lowest BCUT2D eigenvalue weighted by molar-refractivity contribution is 0.236. The number of nitrogens with zero attached hydrogens (tertiary/aromatic N) is 1. The second kappa shape index (κ2) is 12.7. The highest BCUT2D eigenvalue weighted by Gasteiger charge is 2.22. The highest BCUT2D eigenvalue weighted by molar-refractivity contribution is 4.78. The molecule has 1 nitrogen and oxygen atoms in total. The third-order valence-corrected chi connectivity index (χ3v) is 4.92. The molecule has 1 heterocycles. The van der Waals surface area contributed by atoms with Crippen molar-refractivity contribution in [1.29, 1.82) is 0 Å². The topological polar surface area (TPSA) is 3.24 Å². The molecular weight excluding hydrogens is 242 g/mol. The Morgan fingerprint density at radius 1 is 0.750 bits per heavy atom. The van der Waals surface area contributed by atoms with E-state index in [4.69, 9.17) is 0 Å². The molecule has 0 aromatic carbocycles. The minimum Gasteiger partial charge on any atom is -0.300 e. The molecule has 0 aliphatic carbocycles. The molecule has 0 saturated carbocycles. The summed E-state index contributed by atoms with van der Waals surface area (Å²) in [6, 6.07) is 0.929. The zero-order valence-corrected chi connectivity index (χ0v) is 14.3. The predicted octanol–water partition coefficient (Wildman–Crippen LogP) is 6.17. The molecule has 1 rings (SSSR count). The smallest absolute Gasteiger partial charge is 0.00956 e. The molecule has 0 aromatic rings. The molecule has 1 unspecified atom stereocenters. The molecule has 0 aromatic heterocycles. The molecule has 0 N–H and O–H groups in total. The first-order valence-electron chi connectivity index (χ1n) is 9.62. The van der Waals surface area contributed by atoms with E-state index in [2.05, 4.69) is 18.7 Å². The summed E-state index contributed by atoms with van der Waals surface area (Å²) in [5.74, 6) is 0. The minimum absolute atomic E-state index is 0.929. The summed E-state index contributed by atoms with van der Waals surface area (Å²) in [5.41, 5.74) is 0. The van der Waals surface area contributed by atoms with Crippen molar-refractivity contribution in [3.05, 3.63) is 0 Å². The van der Waals surface area contributed by atoms with Gasteiger partial charge in [0.2, 0.25) is 0 Å². The largest absolute Gasteiger partial charge is 0.300 e. The Hall–Kier alpha value is -0.0400. The molecule has 0 amide bonds. The minimum atomic E-state index is 0.929. The Labute approximate surface area is 128 Å². The standard InChI is InChI=1S/C19H39N/c1-3-5-6-7-8-9-10-11-12-13-17-20-18-14-16-19(20)15-4-2/h19H,3-18H2,1-2H3. The Morgan fingerprint density at radius 2 is 1.35 bits per heavy atom. The van der Waals surface area contributed by atoms with Crippen molar-refractivity contribution >= 4 is 0 Å². The lowest BCUT2D eigenvalue weighted by atomic mass is 10.1. The molecule has 0 bridgehead atoms. The van der Waals surface area contributed by atoms with Crippen LogP contribution in [0, 0.1) is 0 Å². The van der Waals surface area contributed by atoms with Gasteiger partial charge in [-0.3, -0.25) is 0 Å². The van der Waals surface area contributed by atoms with E-state index in [1.54, 1.807) is 0 Å². The molecule has 1 fully saturated rings. The summed E-state index contributed by atoms with van der Waals surface area (Å²) in [4.78, 5) is 2.77. The van der Waals surface area contributed by atoms with E-state index in [-0.39, 0.29) is 0 Å². The van der Waals surface area contributed by atoms with E-state index in [1.165, 1.54) is 103 Å². The van der Waals surface area contributed by atoms with Crippen LogP contribution >= 0.6 is 0 Å². The predicted molar refractivity (Wildman–Crippen MR) is 91.3 cm³/mol. The first-order chi connectivity index (χ1) is 9.88.